The number of para-hydroxylation sites is 1. The molecule has 4 rings (SSSR count). The summed E-state index contributed by atoms with van der Waals surface area (Å²) in [5, 5.41) is 10.5. The van der Waals surface area contributed by atoms with Crippen LogP contribution in [0.4, 0.5) is 0 Å². The molecule has 0 unspecified atom stereocenters. The van der Waals surface area contributed by atoms with Gasteiger partial charge in [0.25, 0.3) is 0 Å². The highest BCUT2D eigenvalue weighted by Gasteiger charge is 2.16. The molecule has 25 heavy (non-hydrogen) atoms. The summed E-state index contributed by atoms with van der Waals surface area (Å²) in [7, 11) is 0. The van der Waals surface area contributed by atoms with Gasteiger partial charge in [-0.15, -0.1) is 0 Å². The molecule has 0 atom stereocenters. The summed E-state index contributed by atoms with van der Waals surface area (Å²) in [5.41, 5.74) is 2.35. The maximum absolute atomic E-state index is 11.6. The lowest BCUT2D eigenvalue weighted by Crippen LogP contribution is -2.13. The minimum atomic E-state index is -0.933. The fourth-order valence-corrected chi connectivity index (χ4v) is 3.12. The minimum absolute atomic E-state index is 0.274. The van der Waals surface area contributed by atoms with Crippen LogP contribution in [0.5, 0.6) is 0 Å². The Morgan fingerprint density at radius 1 is 1.00 bits per heavy atom. The molecule has 0 fully saturated rings. The molecule has 5 nitrogen and oxygen atoms in total. The molecule has 0 aliphatic carbocycles. The van der Waals surface area contributed by atoms with E-state index in [2.05, 4.69) is 21.7 Å². The second-order valence-corrected chi connectivity index (χ2v) is 5.94. The van der Waals surface area contributed by atoms with Crippen LogP contribution in [0.15, 0.2) is 73.1 Å². The van der Waals surface area contributed by atoms with E-state index in [4.69, 9.17) is 0 Å². The Morgan fingerprint density at radius 3 is 2.56 bits per heavy atom. The Balaban J connectivity index is 1.72. The van der Waals surface area contributed by atoms with Crippen LogP contribution >= 0.6 is 0 Å². The van der Waals surface area contributed by atoms with Gasteiger partial charge < -0.3 is 14.2 Å². The zero-order valence-electron chi connectivity index (χ0n) is 13.5. The molecule has 4 aromatic rings. The van der Waals surface area contributed by atoms with E-state index >= 15 is 0 Å². The molecule has 0 aliphatic heterocycles. The number of benzene rings is 2. The maximum atomic E-state index is 11.6. The molecule has 1 N–H and O–H groups in total. The van der Waals surface area contributed by atoms with Gasteiger partial charge in [-0.3, -0.25) is 0 Å². The van der Waals surface area contributed by atoms with Gasteiger partial charge in [-0.05, 0) is 17.7 Å². The van der Waals surface area contributed by atoms with Crippen molar-refractivity contribution in [3.8, 4) is 0 Å². The average Bonchev–Trinajstić information content (AvgIpc) is 3.21. The summed E-state index contributed by atoms with van der Waals surface area (Å²) in [4.78, 5) is 16.1. The zero-order valence-corrected chi connectivity index (χ0v) is 13.5. The van der Waals surface area contributed by atoms with Gasteiger partial charge in [0.05, 0.1) is 6.54 Å². The highest BCUT2D eigenvalue weighted by molar-refractivity contribution is 5.94. The van der Waals surface area contributed by atoms with E-state index in [1.54, 1.807) is 12.3 Å². The van der Waals surface area contributed by atoms with E-state index < -0.39 is 5.97 Å². The third-order valence-electron chi connectivity index (χ3n) is 4.33. The number of nitrogens with zero attached hydrogens (tertiary/aromatic N) is 3. The van der Waals surface area contributed by atoms with E-state index in [1.165, 1.54) is 5.56 Å². The van der Waals surface area contributed by atoms with Gasteiger partial charge in [-0.1, -0.05) is 48.5 Å². The van der Waals surface area contributed by atoms with Crippen LogP contribution in [-0.2, 0) is 13.1 Å². The van der Waals surface area contributed by atoms with Crippen LogP contribution in [0.3, 0.4) is 0 Å². The second-order valence-electron chi connectivity index (χ2n) is 5.94. The van der Waals surface area contributed by atoms with Crippen molar-refractivity contribution >= 4 is 16.9 Å². The van der Waals surface area contributed by atoms with Crippen LogP contribution in [0, 0.1) is 0 Å². The van der Waals surface area contributed by atoms with E-state index in [-0.39, 0.29) is 5.69 Å². The summed E-state index contributed by atoms with van der Waals surface area (Å²) < 4.78 is 3.86. The summed E-state index contributed by atoms with van der Waals surface area (Å²) in [6, 6.07) is 19.5. The Bertz CT molecular complexity index is 1030. The standard InChI is InChI=1S/C20H17N3O2/c24-20(25)18-12-16-8-4-5-9-17(16)23(18)14-19-21-10-11-22(19)13-15-6-2-1-3-7-15/h1-12H,13-14H2,(H,24,25). The number of hydrogen-bond acceptors (Lipinski definition) is 2. The topological polar surface area (TPSA) is 60.0 Å². The first-order chi connectivity index (χ1) is 12.2. The summed E-state index contributed by atoms with van der Waals surface area (Å²) in [6.45, 7) is 1.12. The highest BCUT2D eigenvalue weighted by Crippen LogP contribution is 2.21. The second kappa shape index (κ2) is 6.28. The third kappa shape index (κ3) is 2.92. The smallest absolute Gasteiger partial charge is 0.352 e. The van der Waals surface area contributed by atoms with Gasteiger partial charge in [0, 0.05) is 29.8 Å². The predicted molar refractivity (Wildman–Crippen MR) is 95.8 cm³/mol. The molecule has 0 saturated heterocycles. The molecule has 124 valence electrons. The Kier molecular flexibility index (Phi) is 3.82. The molecule has 0 bridgehead atoms. The number of rotatable bonds is 5. The Morgan fingerprint density at radius 2 is 1.76 bits per heavy atom. The van der Waals surface area contributed by atoms with Gasteiger partial charge in [0.15, 0.2) is 0 Å². The van der Waals surface area contributed by atoms with Crippen molar-refractivity contribution in [1.29, 1.82) is 0 Å². The lowest BCUT2D eigenvalue weighted by Gasteiger charge is -2.11. The van der Waals surface area contributed by atoms with Crippen LogP contribution in [0.2, 0.25) is 0 Å². The normalized spacial score (nSPS) is 11.0. The van der Waals surface area contributed by atoms with E-state index in [0.29, 0.717) is 13.1 Å². The number of carboxylic acid groups (broad SMARTS) is 1. The molecular formula is C20H17N3O2. The number of hydrogen-bond donors (Lipinski definition) is 1. The van der Waals surface area contributed by atoms with Crippen molar-refractivity contribution in [2.75, 3.05) is 0 Å². The number of aromatic nitrogens is 3. The number of imidazole rings is 1. The van der Waals surface area contributed by atoms with Crippen molar-refractivity contribution in [3.63, 3.8) is 0 Å². The number of carbonyl (C=O) groups is 1. The summed E-state index contributed by atoms with van der Waals surface area (Å²) in [6.07, 6.45) is 3.68. The Hall–Kier alpha value is -3.34. The predicted octanol–water partition coefficient (Wildman–Crippen LogP) is 3.63. The van der Waals surface area contributed by atoms with Gasteiger partial charge >= 0.3 is 5.97 Å². The molecule has 0 saturated carbocycles. The van der Waals surface area contributed by atoms with E-state index in [0.717, 1.165) is 16.7 Å². The maximum Gasteiger partial charge on any atom is 0.352 e. The van der Waals surface area contributed by atoms with Crippen LogP contribution < -0.4 is 0 Å². The first kappa shape index (κ1) is 15.2. The van der Waals surface area contributed by atoms with Gasteiger partial charge in [-0.2, -0.15) is 0 Å². The lowest BCUT2D eigenvalue weighted by atomic mass is 10.2. The fraction of sp³-hybridized carbons (Fsp3) is 0.100. The van der Waals surface area contributed by atoms with Crippen molar-refractivity contribution in [2.45, 2.75) is 13.1 Å². The van der Waals surface area contributed by atoms with Gasteiger partial charge in [0.2, 0.25) is 0 Å². The van der Waals surface area contributed by atoms with Crippen molar-refractivity contribution in [1.82, 2.24) is 14.1 Å². The number of aromatic carboxylic acids is 1. The molecular weight excluding hydrogens is 314 g/mol. The average molecular weight is 331 g/mol. The first-order valence-corrected chi connectivity index (χ1v) is 8.08. The Labute approximate surface area is 144 Å². The minimum Gasteiger partial charge on any atom is -0.477 e. The van der Waals surface area contributed by atoms with Gasteiger partial charge in [0.1, 0.15) is 11.5 Å². The molecule has 2 aromatic carbocycles. The quantitative estimate of drug-likeness (QED) is 0.607. The van der Waals surface area contributed by atoms with E-state index in [1.807, 2.05) is 53.2 Å². The number of fused-ring (bicyclic) bond motifs is 1. The molecule has 5 heteroatoms. The summed E-state index contributed by atoms with van der Waals surface area (Å²) >= 11 is 0. The van der Waals surface area contributed by atoms with Crippen LogP contribution in [-0.4, -0.2) is 25.2 Å². The van der Waals surface area contributed by atoms with Gasteiger partial charge in [-0.25, -0.2) is 9.78 Å². The summed E-state index contributed by atoms with van der Waals surface area (Å²) in [5.74, 6) is -0.106. The molecule has 0 radical (unpaired) electrons. The first-order valence-electron chi connectivity index (χ1n) is 8.08. The fourth-order valence-electron chi connectivity index (χ4n) is 3.12. The van der Waals surface area contributed by atoms with E-state index in [9.17, 15) is 9.90 Å². The SMILES string of the molecule is O=C(O)c1cc2ccccc2n1Cc1nccn1Cc1ccccc1. The zero-order chi connectivity index (χ0) is 17.2. The third-order valence-corrected chi connectivity index (χ3v) is 4.33. The largest absolute Gasteiger partial charge is 0.477 e. The van der Waals surface area contributed by atoms with Crippen molar-refractivity contribution in [3.05, 3.63) is 90.1 Å². The van der Waals surface area contributed by atoms with Crippen molar-refractivity contribution in [2.24, 2.45) is 0 Å². The highest BCUT2D eigenvalue weighted by atomic mass is 16.4. The molecule has 0 amide bonds. The van der Waals surface area contributed by atoms with Crippen LogP contribution in [0.1, 0.15) is 21.9 Å². The lowest BCUT2D eigenvalue weighted by molar-refractivity contribution is 0.0686. The molecule has 0 spiro atoms. The van der Waals surface area contributed by atoms with Crippen LogP contribution in [0.25, 0.3) is 10.9 Å². The monoisotopic (exact) mass is 331 g/mol. The number of carboxylic acids is 1. The molecule has 2 aromatic heterocycles. The molecule has 2 heterocycles. The van der Waals surface area contributed by atoms with Crippen molar-refractivity contribution < 1.29 is 9.90 Å². The molecule has 0 aliphatic rings.